The summed E-state index contributed by atoms with van der Waals surface area (Å²) in [5.74, 6) is -0.138. The normalized spacial score (nSPS) is 11.0. The molecule has 3 aromatic rings. The number of rotatable bonds is 3. The van der Waals surface area contributed by atoms with E-state index in [0.717, 1.165) is 25.5 Å². The zero-order valence-corrected chi connectivity index (χ0v) is 13.4. The molecule has 0 saturated carbocycles. The molecule has 0 aliphatic heterocycles. The maximum atomic E-state index is 12.3. The Hall–Kier alpha value is -1.92. The summed E-state index contributed by atoms with van der Waals surface area (Å²) in [6.07, 6.45) is 1.81. The molecule has 108 valence electrons. The number of amides is 1. The van der Waals surface area contributed by atoms with Crippen LogP contribution in [-0.4, -0.2) is 10.9 Å². The molecule has 3 rings (SSSR count). The molecule has 1 aromatic carbocycles. The summed E-state index contributed by atoms with van der Waals surface area (Å²) in [5.41, 5.74) is 7.82. The van der Waals surface area contributed by atoms with Gasteiger partial charge < -0.3 is 11.1 Å². The average Bonchev–Trinajstić information content (AvgIpc) is 3.02. The van der Waals surface area contributed by atoms with E-state index in [-0.39, 0.29) is 5.91 Å². The summed E-state index contributed by atoms with van der Waals surface area (Å²) in [7, 11) is 0. The number of aryl methyl sites for hydroxylation is 2. The van der Waals surface area contributed by atoms with Gasteiger partial charge in [0.15, 0.2) is 0 Å². The Balaban J connectivity index is 1.84. The summed E-state index contributed by atoms with van der Waals surface area (Å²) in [4.78, 5) is 18.3. The van der Waals surface area contributed by atoms with Crippen molar-refractivity contribution in [3.8, 4) is 0 Å². The van der Waals surface area contributed by atoms with E-state index >= 15 is 0 Å². The lowest BCUT2D eigenvalue weighted by Crippen LogP contribution is -2.22. The van der Waals surface area contributed by atoms with E-state index in [4.69, 9.17) is 5.73 Å². The van der Waals surface area contributed by atoms with E-state index < -0.39 is 0 Å². The van der Waals surface area contributed by atoms with Crippen LogP contribution in [0.25, 0.3) is 10.1 Å². The molecular weight excluding hydrogens is 302 g/mol. The quantitative estimate of drug-likeness (QED) is 0.777. The van der Waals surface area contributed by atoms with Gasteiger partial charge in [0, 0.05) is 21.2 Å². The Morgan fingerprint density at radius 1 is 1.33 bits per heavy atom. The van der Waals surface area contributed by atoms with Gasteiger partial charge in [0.1, 0.15) is 9.88 Å². The van der Waals surface area contributed by atoms with Gasteiger partial charge in [-0.05, 0) is 19.4 Å². The van der Waals surface area contributed by atoms with E-state index in [1.807, 2.05) is 38.2 Å². The number of anilines is 1. The fourth-order valence-corrected chi connectivity index (χ4v) is 4.00. The minimum atomic E-state index is -0.138. The van der Waals surface area contributed by atoms with Gasteiger partial charge in [0.05, 0.1) is 12.2 Å². The molecule has 6 heteroatoms. The van der Waals surface area contributed by atoms with Crippen LogP contribution in [0.2, 0.25) is 0 Å². The van der Waals surface area contributed by atoms with E-state index in [1.165, 1.54) is 11.3 Å². The zero-order chi connectivity index (χ0) is 15.0. The molecule has 4 nitrogen and oxygen atoms in total. The van der Waals surface area contributed by atoms with Gasteiger partial charge in [0.2, 0.25) is 0 Å². The first-order valence-electron chi connectivity index (χ1n) is 6.53. The topological polar surface area (TPSA) is 68.0 Å². The van der Waals surface area contributed by atoms with Gasteiger partial charge in [-0.25, -0.2) is 4.98 Å². The van der Waals surface area contributed by atoms with Crippen molar-refractivity contribution < 1.29 is 4.79 Å². The number of benzene rings is 1. The molecule has 0 fully saturated rings. The van der Waals surface area contributed by atoms with Crippen LogP contribution in [0.5, 0.6) is 0 Å². The van der Waals surface area contributed by atoms with Crippen LogP contribution >= 0.6 is 22.7 Å². The lowest BCUT2D eigenvalue weighted by Gasteiger charge is -2.01. The van der Waals surface area contributed by atoms with Crippen molar-refractivity contribution in [3.05, 3.63) is 44.7 Å². The Labute approximate surface area is 130 Å². The fourth-order valence-electron chi connectivity index (χ4n) is 2.17. The van der Waals surface area contributed by atoms with E-state index in [0.29, 0.717) is 17.1 Å². The minimum Gasteiger partial charge on any atom is -0.397 e. The number of thiazole rings is 1. The molecule has 0 unspecified atom stereocenters. The number of carbonyl (C=O) groups excluding carboxylic acids is 1. The summed E-state index contributed by atoms with van der Waals surface area (Å²) < 4.78 is 1.07. The second-order valence-electron chi connectivity index (χ2n) is 4.84. The van der Waals surface area contributed by atoms with E-state index in [1.54, 1.807) is 11.3 Å². The predicted octanol–water partition coefficient (Wildman–Crippen LogP) is 3.49. The molecule has 0 atom stereocenters. The van der Waals surface area contributed by atoms with Gasteiger partial charge in [-0.3, -0.25) is 4.79 Å². The Morgan fingerprint density at radius 2 is 2.14 bits per heavy atom. The molecule has 21 heavy (non-hydrogen) atoms. The number of aromatic nitrogens is 1. The van der Waals surface area contributed by atoms with Crippen LogP contribution in [0.15, 0.2) is 24.4 Å². The van der Waals surface area contributed by atoms with Gasteiger partial charge in [-0.15, -0.1) is 22.7 Å². The second-order valence-corrected chi connectivity index (χ2v) is 7.18. The van der Waals surface area contributed by atoms with Crippen LogP contribution < -0.4 is 11.1 Å². The zero-order valence-electron chi connectivity index (χ0n) is 11.8. The van der Waals surface area contributed by atoms with Crippen molar-refractivity contribution in [2.24, 2.45) is 0 Å². The Bertz CT molecular complexity index is 820. The first-order valence-corrected chi connectivity index (χ1v) is 8.16. The highest BCUT2D eigenvalue weighted by Crippen LogP contribution is 2.35. The molecular formula is C15H15N3OS2. The number of fused-ring (bicyclic) bond motifs is 1. The third-order valence-corrected chi connectivity index (χ3v) is 5.49. The molecule has 0 aliphatic rings. The average molecular weight is 317 g/mol. The molecule has 0 spiro atoms. The molecule has 1 amide bonds. The number of hydrogen-bond acceptors (Lipinski definition) is 5. The lowest BCUT2D eigenvalue weighted by atomic mass is 10.1. The number of thiophene rings is 1. The maximum absolute atomic E-state index is 12.3. The highest BCUT2D eigenvalue weighted by molar-refractivity contribution is 7.21. The van der Waals surface area contributed by atoms with Crippen LogP contribution in [-0.2, 0) is 6.54 Å². The maximum Gasteiger partial charge on any atom is 0.263 e. The first kappa shape index (κ1) is 14.0. The number of carbonyl (C=O) groups is 1. The van der Waals surface area contributed by atoms with Crippen molar-refractivity contribution in [1.82, 2.24) is 10.3 Å². The fraction of sp³-hybridized carbons (Fsp3) is 0.200. The highest BCUT2D eigenvalue weighted by Gasteiger charge is 2.17. The standard InChI is InChI=1S/C15H15N3OS2/c1-8-4-3-5-10-12(16)14(21-13(8)10)15(19)18-7-11-17-6-9(2)20-11/h3-6H,7,16H2,1-2H3,(H,18,19). The summed E-state index contributed by atoms with van der Waals surface area (Å²) in [6.45, 7) is 4.46. The Morgan fingerprint density at radius 3 is 2.81 bits per heavy atom. The minimum absolute atomic E-state index is 0.138. The monoisotopic (exact) mass is 317 g/mol. The van der Waals surface area contributed by atoms with Crippen molar-refractivity contribution in [3.63, 3.8) is 0 Å². The number of nitrogens with zero attached hydrogens (tertiary/aromatic N) is 1. The van der Waals surface area contributed by atoms with Crippen molar-refractivity contribution in [2.75, 3.05) is 5.73 Å². The molecule has 0 aliphatic carbocycles. The largest absolute Gasteiger partial charge is 0.397 e. The van der Waals surface area contributed by atoms with Crippen LogP contribution in [0, 0.1) is 13.8 Å². The molecule has 2 heterocycles. The first-order chi connectivity index (χ1) is 10.1. The van der Waals surface area contributed by atoms with Crippen molar-refractivity contribution >= 4 is 44.4 Å². The molecule has 0 saturated heterocycles. The number of nitrogens with two attached hydrogens (primary N) is 1. The number of nitrogen functional groups attached to an aromatic ring is 1. The van der Waals surface area contributed by atoms with Crippen LogP contribution in [0.4, 0.5) is 5.69 Å². The smallest absolute Gasteiger partial charge is 0.263 e. The summed E-state index contributed by atoms with van der Waals surface area (Å²) in [5, 5.41) is 4.74. The third kappa shape index (κ3) is 2.64. The van der Waals surface area contributed by atoms with E-state index in [2.05, 4.69) is 10.3 Å². The SMILES string of the molecule is Cc1cnc(CNC(=O)c2sc3c(C)cccc3c2N)s1. The van der Waals surface area contributed by atoms with E-state index in [9.17, 15) is 4.79 Å². The summed E-state index contributed by atoms with van der Waals surface area (Å²) in [6, 6.07) is 5.94. The van der Waals surface area contributed by atoms with Crippen LogP contribution in [0.1, 0.15) is 25.1 Å². The molecule has 3 N–H and O–H groups in total. The molecule has 0 radical (unpaired) electrons. The Kier molecular flexibility index (Phi) is 3.65. The van der Waals surface area contributed by atoms with Gasteiger partial charge in [-0.2, -0.15) is 0 Å². The van der Waals surface area contributed by atoms with Gasteiger partial charge in [0.25, 0.3) is 5.91 Å². The third-order valence-electron chi connectivity index (χ3n) is 3.23. The number of hydrogen-bond donors (Lipinski definition) is 2. The predicted molar refractivity (Wildman–Crippen MR) is 89.0 cm³/mol. The van der Waals surface area contributed by atoms with Crippen molar-refractivity contribution in [1.29, 1.82) is 0 Å². The summed E-state index contributed by atoms with van der Waals surface area (Å²) >= 11 is 3.03. The van der Waals surface area contributed by atoms with Gasteiger partial charge in [-0.1, -0.05) is 18.2 Å². The lowest BCUT2D eigenvalue weighted by molar-refractivity contribution is 0.0956. The second kappa shape index (κ2) is 5.46. The molecule has 0 bridgehead atoms. The number of nitrogens with one attached hydrogen (secondary N) is 1. The molecule has 2 aromatic heterocycles. The van der Waals surface area contributed by atoms with Gasteiger partial charge >= 0.3 is 0 Å². The van der Waals surface area contributed by atoms with Crippen molar-refractivity contribution in [2.45, 2.75) is 20.4 Å². The highest BCUT2D eigenvalue weighted by atomic mass is 32.1. The van der Waals surface area contributed by atoms with Crippen LogP contribution in [0.3, 0.4) is 0 Å².